The van der Waals surface area contributed by atoms with Gasteiger partial charge < -0.3 is 21.3 Å². The molecule has 0 fully saturated rings. The molecule has 0 unspecified atom stereocenters. The Bertz CT molecular complexity index is 1290. The fourth-order valence-corrected chi connectivity index (χ4v) is 4.63. The molecule has 0 atom stereocenters. The third-order valence-corrected chi connectivity index (χ3v) is 6.28. The third kappa shape index (κ3) is 5.09. The molecule has 9 heteroatoms. The van der Waals surface area contributed by atoms with Crippen LogP contribution in [0.3, 0.4) is 0 Å². The standard InChI is InChI=1S/C24H24N6O2S/c1-30(2)19(31)13-12-18-20(21-22(25)26-14-27-23(21)33-18)15-8-10-17(11-9-15)29-24(32)28-16-6-4-3-5-7-16/h3-11,14H,12-13H2,1-2H3,(H2,25,26,27)(H2,28,29,32). The number of benzene rings is 2. The Hall–Kier alpha value is -3.98. The van der Waals surface area contributed by atoms with Crippen molar-refractivity contribution >= 4 is 50.7 Å². The molecule has 0 radical (unpaired) electrons. The fraction of sp³-hybridized carbons (Fsp3) is 0.167. The first-order valence-corrected chi connectivity index (χ1v) is 11.2. The Morgan fingerprint density at radius 3 is 2.30 bits per heavy atom. The molecule has 0 aliphatic carbocycles. The largest absolute Gasteiger partial charge is 0.383 e. The van der Waals surface area contributed by atoms with Gasteiger partial charge >= 0.3 is 6.03 Å². The molecule has 168 valence electrons. The maximum Gasteiger partial charge on any atom is 0.323 e. The van der Waals surface area contributed by atoms with E-state index < -0.39 is 0 Å². The Balaban J connectivity index is 1.59. The summed E-state index contributed by atoms with van der Waals surface area (Å²) >= 11 is 1.52. The number of amides is 3. The zero-order chi connectivity index (χ0) is 23.4. The quantitative estimate of drug-likeness (QED) is 0.389. The zero-order valence-corrected chi connectivity index (χ0v) is 19.1. The van der Waals surface area contributed by atoms with E-state index in [9.17, 15) is 9.59 Å². The number of hydrogen-bond acceptors (Lipinski definition) is 6. The van der Waals surface area contributed by atoms with Gasteiger partial charge in [-0.25, -0.2) is 14.8 Å². The molecule has 2 heterocycles. The van der Waals surface area contributed by atoms with Crippen molar-refractivity contribution in [2.24, 2.45) is 0 Å². The number of thiophene rings is 1. The molecule has 0 aliphatic heterocycles. The number of fused-ring (bicyclic) bond motifs is 1. The molecule has 0 bridgehead atoms. The summed E-state index contributed by atoms with van der Waals surface area (Å²) in [4.78, 5) is 36.4. The van der Waals surface area contributed by atoms with E-state index in [0.717, 1.165) is 26.2 Å². The van der Waals surface area contributed by atoms with Gasteiger partial charge in [0.15, 0.2) is 0 Å². The molecule has 2 aromatic heterocycles. The van der Waals surface area contributed by atoms with Gasteiger partial charge in [-0.3, -0.25) is 4.79 Å². The number of nitrogen functional groups attached to an aromatic ring is 1. The number of anilines is 3. The number of aryl methyl sites for hydroxylation is 1. The van der Waals surface area contributed by atoms with Crippen molar-refractivity contribution in [1.82, 2.24) is 14.9 Å². The van der Waals surface area contributed by atoms with Crippen LogP contribution in [0.2, 0.25) is 0 Å². The van der Waals surface area contributed by atoms with Crippen molar-refractivity contribution in [1.29, 1.82) is 0 Å². The first-order valence-electron chi connectivity index (χ1n) is 10.4. The van der Waals surface area contributed by atoms with Crippen molar-refractivity contribution in [3.8, 4) is 11.1 Å². The highest BCUT2D eigenvalue weighted by Gasteiger charge is 2.19. The summed E-state index contributed by atoms with van der Waals surface area (Å²) in [6, 6.07) is 16.4. The summed E-state index contributed by atoms with van der Waals surface area (Å²) in [6.45, 7) is 0. The van der Waals surface area contributed by atoms with Gasteiger partial charge in [-0.05, 0) is 36.2 Å². The van der Waals surface area contributed by atoms with Gasteiger partial charge in [-0.2, -0.15) is 0 Å². The van der Waals surface area contributed by atoms with Crippen LogP contribution in [0, 0.1) is 0 Å². The molecule has 3 amide bonds. The van der Waals surface area contributed by atoms with E-state index >= 15 is 0 Å². The first kappa shape index (κ1) is 22.2. The van der Waals surface area contributed by atoms with Crippen molar-refractivity contribution in [3.63, 3.8) is 0 Å². The van der Waals surface area contributed by atoms with Crippen LogP contribution in [0.1, 0.15) is 11.3 Å². The molecule has 2 aromatic carbocycles. The number of para-hydroxylation sites is 1. The maximum atomic E-state index is 12.3. The predicted octanol–water partition coefficient (Wildman–Crippen LogP) is 4.61. The number of nitrogens with one attached hydrogen (secondary N) is 2. The molecule has 0 aliphatic rings. The Morgan fingerprint density at radius 2 is 1.64 bits per heavy atom. The molecule has 4 aromatic rings. The molecule has 4 rings (SSSR count). The van der Waals surface area contributed by atoms with E-state index in [-0.39, 0.29) is 11.9 Å². The molecule has 0 spiro atoms. The Labute approximate surface area is 195 Å². The average molecular weight is 461 g/mol. The lowest BCUT2D eigenvalue weighted by molar-refractivity contribution is -0.128. The summed E-state index contributed by atoms with van der Waals surface area (Å²) in [5, 5.41) is 6.41. The molecule has 0 saturated heterocycles. The van der Waals surface area contributed by atoms with Crippen LogP contribution in [-0.2, 0) is 11.2 Å². The molecular formula is C24H24N6O2S. The third-order valence-electron chi connectivity index (χ3n) is 5.12. The van der Waals surface area contributed by atoms with Crippen LogP contribution in [-0.4, -0.2) is 40.9 Å². The van der Waals surface area contributed by atoms with Crippen LogP contribution < -0.4 is 16.4 Å². The maximum absolute atomic E-state index is 12.3. The van der Waals surface area contributed by atoms with Gasteiger partial charge in [0.1, 0.15) is 17.0 Å². The van der Waals surface area contributed by atoms with Gasteiger partial charge in [0.05, 0.1) is 5.39 Å². The van der Waals surface area contributed by atoms with Crippen molar-refractivity contribution in [2.75, 3.05) is 30.5 Å². The number of carbonyl (C=O) groups excluding carboxylic acids is 2. The van der Waals surface area contributed by atoms with E-state index in [1.54, 1.807) is 19.0 Å². The predicted molar refractivity (Wildman–Crippen MR) is 133 cm³/mol. The number of rotatable bonds is 6. The zero-order valence-electron chi connectivity index (χ0n) is 18.3. The summed E-state index contributed by atoms with van der Waals surface area (Å²) in [5.74, 6) is 0.460. The first-order chi connectivity index (χ1) is 15.9. The van der Waals surface area contributed by atoms with Crippen molar-refractivity contribution < 1.29 is 9.59 Å². The summed E-state index contributed by atoms with van der Waals surface area (Å²) in [7, 11) is 3.49. The minimum atomic E-state index is -0.324. The SMILES string of the molecule is CN(C)C(=O)CCc1sc2ncnc(N)c2c1-c1ccc(NC(=O)Nc2ccccc2)cc1. The molecule has 4 N–H and O–H groups in total. The van der Waals surface area contributed by atoms with Crippen molar-refractivity contribution in [2.45, 2.75) is 12.8 Å². The number of hydrogen-bond donors (Lipinski definition) is 3. The van der Waals surface area contributed by atoms with E-state index in [1.807, 2.05) is 54.6 Å². The second-order valence-corrected chi connectivity index (χ2v) is 8.73. The number of nitrogens with two attached hydrogens (primary N) is 1. The minimum Gasteiger partial charge on any atom is -0.383 e. The van der Waals surface area contributed by atoms with Gasteiger partial charge in [-0.1, -0.05) is 30.3 Å². The lowest BCUT2D eigenvalue weighted by atomic mass is 10.0. The number of nitrogens with zero attached hydrogens (tertiary/aromatic N) is 3. The van der Waals surface area contributed by atoms with Crippen LogP contribution >= 0.6 is 11.3 Å². The van der Waals surface area contributed by atoms with Crippen LogP contribution in [0.25, 0.3) is 21.3 Å². The molecule has 0 saturated carbocycles. The second-order valence-electron chi connectivity index (χ2n) is 7.65. The molecule has 33 heavy (non-hydrogen) atoms. The summed E-state index contributed by atoms with van der Waals surface area (Å²) in [6.07, 6.45) is 2.41. The van der Waals surface area contributed by atoms with E-state index in [1.165, 1.54) is 17.7 Å². The summed E-state index contributed by atoms with van der Waals surface area (Å²) in [5.41, 5.74) is 9.41. The topological polar surface area (TPSA) is 113 Å². The molecule has 8 nitrogen and oxygen atoms in total. The Kier molecular flexibility index (Phi) is 6.50. The highest BCUT2D eigenvalue weighted by molar-refractivity contribution is 7.19. The van der Waals surface area contributed by atoms with E-state index in [0.29, 0.717) is 30.0 Å². The fourth-order valence-electron chi connectivity index (χ4n) is 3.46. The van der Waals surface area contributed by atoms with Crippen LogP contribution in [0.5, 0.6) is 0 Å². The lowest BCUT2D eigenvalue weighted by Gasteiger charge is -2.11. The highest BCUT2D eigenvalue weighted by Crippen LogP contribution is 2.41. The van der Waals surface area contributed by atoms with E-state index in [2.05, 4.69) is 20.6 Å². The van der Waals surface area contributed by atoms with E-state index in [4.69, 9.17) is 5.73 Å². The van der Waals surface area contributed by atoms with Gasteiger partial charge in [0, 0.05) is 42.3 Å². The van der Waals surface area contributed by atoms with Crippen molar-refractivity contribution in [3.05, 3.63) is 65.8 Å². The average Bonchev–Trinajstić information content (AvgIpc) is 3.18. The Morgan fingerprint density at radius 1 is 0.970 bits per heavy atom. The minimum absolute atomic E-state index is 0.0569. The lowest BCUT2D eigenvalue weighted by Crippen LogP contribution is -2.21. The van der Waals surface area contributed by atoms with Gasteiger partial charge in [0.25, 0.3) is 0 Å². The van der Waals surface area contributed by atoms with Gasteiger partial charge in [-0.15, -0.1) is 11.3 Å². The smallest absolute Gasteiger partial charge is 0.323 e. The number of carbonyl (C=O) groups is 2. The second kappa shape index (κ2) is 9.66. The van der Waals surface area contributed by atoms with Crippen LogP contribution in [0.4, 0.5) is 22.0 Å². The number of aromatic nitrogens is 2. The number of urea groups is 1. The van der Waals surface area contributed by atoms with Crippen LogP contribution in [0.15, 0.2) is 60.9 Å². The molecular weight excluding hydrogens is 436 g/mol. The monoisotopic (exact) mass is 460 g/mol. The highest BCUT2D eigenvalue weighted by atomic mass is 32.1. The normalized spacial score (nSPS) is 10.7. The summed E-state index contributed by atoms with van der Waals surface area (Å²) < 4.78 is 0. The van der Waals surface area contributed by atoms with Gasteiger partial charge in [0.2, 0.25) is 5.91 Å².